The third-order valence-electron chi connectivity index (χ3n) is 4.22. The van der Waals surface area contributed by atoms with Gasteiger partial charge in [0, 0.05) is 26.2 Å². The Bertz CT molecular complexity index is 485. The molecule has 1 aromatic rings. The summed E-state index contributed by atoms with van der Waals surface area (Å²) in [5.41, 5.74) is 0. The van der Waals surface area contributed by atoms with E-state index in [1.54, 1.807) is 7.11 Å². The number of hydrogen-bond acceptors (Lipinski definition) is 4. The van der Waals surface area contributed by atoms with Crippen molar-refractivity contribution in [3.05, 3.63) is 24.3 Å². The lowest BCUT2D eigenvalue weighted by atomic mass is 10.2. The van der Waals surface area contributed by atoms with Crippen LogP contribution in [0.5, 0.6) is 11.5 Å². The fourth-order valence-electron chi connectivity index (χ4n) is 2.78. The zero-order valence-corrected chi connectivity index (χ0v) is 14.3. The summed E-state index contributed by atoms with van der Waals surface area (Å²) in [4.78, 5) is 16.6. The van der Waals surface area contributed by atoms with Crippen LogP contribution < -0.4 is 9.47 Å². The second-order valence-electron chi connectivity index (χ2n) is 5.87. The second kappa shape index (κ2) is 9.40. The van der Waals surface area contributed by atoms with Crippen LogP contribution in [-0.4, -0.2) is 62.1 Å². The van der Waals surface area contributed by atoms with E-state index in [0.29, 0.717) is 11.5 Å². The average Bonchev–Trinajstić information content (AvgIpc) is 2.60. The van der Waals surface area contributed by atoms with Gasteiger partial charge in [0.15, 0.2) is 18.1 Å². The van der Waals surface area contributed by atoms with E-state index in [9.17, 15) is 4.79 Å². The quantitative estimate of drug-likeness (QED) is 0.690. The first-order valence-electron chi connectivity index (χ1n) is 8.50. The lowest BCUT2D eigenvalue weighted by molar-refractivity contribution is -0.135. The van der Waals surface area contributed by atoms with Gasteiger partial charge in [-0.05, 0) is 25.1 Å². The maximum Gasteiger partial charge on any atom is 0.260 e. The maximum atomic E-state index is 12.3. The normalized spacial score (nSPS) is 15.5. The van der Waals surface area contributed by atoms with Crippen LogP contribution in [0.3, 0.4) is 0 Å². The number of piperazine rings is 1. The molecule has 0 spiro atoms. The van der Waals surface area contributed by atoms with Gasteiger partial charge in [-0.2, -0.15) is 0 Å². The van der Waals surface area contributed by atoms with Crippen LogP contribution in [0.1, 0.15) is 26.2 Å². The summed E-state index contributed by atoms with van der Waals surface area (Å²) in [7, 11) is 1.60. The number of carbonyl (C=O) groups excluding carboxylic acids is 1. The Morgan fingerprint density at radius 3 is 2.43 bits per heavy atom. The van der Waals surface area contributed by atoms with Crippen LogP contribution in [0.15, 0.2) is 24.3 Å². The average molecular weight is 320 g/mol. The van der Waals surface area contributed by atoms with Crippen molar-refractivity contribution < 1.29 is 14.3 Å². The Morgan fingerprint density at radius 2 is 1.78 bits per heavy atom. The molecule has 5 nitrogen and oxygen atoms in total. The minimum absolute atomic E-state index is 0.0455. The number of carbonyl (C=O) groups is 1. The molecule has 1 saturated heterocycles. The fraction of sp³-hybridized carbons (Fsp3) is 0.611. The van der Waals surface area contributed by atoms with Gasteiger partial charge in [-0.3, -0.25) is 9.69 Å². The smallest absolute Gasteiger partial charge is 0.260 e. The number of ether oxygens (including phenoxy) is 2. The van der Waals surface area contributed by atoms with Crippen molar-refractivity contribution in [2.24, 2.45) is 0 Å². The summed E-state index contributed by atoms with van der Waals surface area (Å²) in [5, 5.41) is 0. The first-order valence-corrected chi connectivity index (χ1v) is 8.50. The molecule has 0 aromatic heterocycles. The van der Waals surface area contributed by atoms with Gasteiger partial charge in [-0.1, -0.05) is 31.9 Å². The van der Waals surface area contributed by atoms with E-state index in [4.69, 9.17) is 9.47 Å². The number of para-hydroxylation sites is 2. The van der Waals surface area contributed by atoms with Crippen molar-refractivity contribution in [3.8, 4) is 11.5 Å². The van der Waals surface area contributed by atoms with E-state index in [1.807, 2.05) is 29.2 Å². The van der Waals surface area contributed by atoms with Crippen molar-refractivity contribution >= 4 is 5.91 Å². The molecular formula is C18H28N2O3. The highest BCUT2D eigenvalue weighted by atomic mass is 16.5. The molecular weight excluding hydrogens is 292 g/mol. The second-order valence-corrected chi connectivity index (χ2v) is 5.87. The Kier molecular flexibility index (Phi) is 7.20. The van der Waals surface area contributed by atoms with Crippen LogP contribution in [0, 0.1) is 0 Å². The number of amides is 1. The van der Waals surface area contributed by atoms with Crippen molar-refractivity contribution in [3.63, 3.8) is 0 Å². The molecule has 1 fully saturated rings. The number of methoxy groups -OCH3 is 1. The van der Waals surface area contributed by atoms with E-state index in [2.05, 4.69) is 11.8 Å². The Balaban J connectivity index is 1.73. The molecule has 5 heteroatoms. The predicted molar refractivity (Wildman–Crippen MR) is 91.0 cm³/mol. The molecule has 0 N–H and O–H groups in total. The van der Waals surface area contributed by atoms with Crippen LogP contribution in [0.2, 0.25) is 0 Å². The molecule has 1 aliphatic rings. The van der Waals surface area contributed by atoms with Gasteiger partial charge >= 0.3 is 0 Å². The van der Waals surface area contributed by atoms with Gasteiger partial charge in [-0.25, -0.2) is 0 Å². The zero-order chi connectivity index (χ0) is 16.5. The van der Waals surface area contributed by atoms with E-state index < -0.39 is 0 Å². The van der Waals surface area contributed by atoms with Crippen molar-refractivity contribution in [1.29, 1.82) is 0 Å². The molecule has 1 heterocycles. The van der Waals surface area contributed by atoms with Crippen LogP contribution in [0.4, 0.5) is 0 Å². The van der Waals surface area contributed by atoms with Gasteiger partial charge in [0.1, 0.15) is 0 Å². The molecule has 23 heavy (non-hydrogen) atoms. The SMILES string of the molecule is CCCCCN1CCN(C(=O)COc2ccccc2OC)CC1. The van der Waals surface area contributed by atoms with Crippen LogP contribution >= 0.6 is 0 Å². The molecule has 1 aromatic carbocycles. The van der Waals surface area contributed by atoms with Gasteiger partial charge in [0.25, 0.3) is 5.91 Å². The molecule has 0 aliphatic carbocycles. The molecule has 128 valence electrons. The highest BCUT2D eigenvalue weighted by Gasteiger charge is 2.21. The Morgan fingerprint density at radius 1 is 1.09 bits per heavy atom. The maximum absolute atomic E-state index is 12.3. The summed E-state index contributed by atoms with van der Waals surface area (Å²) in [6, 6.07) is 7.40. The zero-order valence-electron chi connectivity index (χ0n) is 14.3. The van der Waals surface area contributed by atoms with Crippen molar-refractivity contribution in [2.45, 2.75) is 26.2 Å². The van der Waals surface area contributed by atoms with Gasteiger partial charge in [0.05, 0.1) is 7.11 Å². The number of nitrogens with zero attached hydrogens (tertiary/aromatic N) is 2. The van der Waals surface area contributed by atoms with E-state index in [0.717, 1.165) is 32.7 Å². The lowest BCUT2D eigenvalue weighted by Crippen LogP contribution is -2.50. The molecule has 0 unspecified atom stereocenters. The number of hydrogen-bond donors (Lipinski definition) is 0. The first kappa shape index (κ1) is 17.6. The fourth-order valence-corrected chi connectivity index (χ4v) is 2.78. The van der Waals surface area contributed by atoms with E-state index in [-0.39, 0.29) is 12.5 Å². The molecule has 0 radical (unpaired) electrons. The summed E-state index contributed by atoms with van der Waals surface area (Å²) >= 11 is 0. The molecule has 1 amide bonds. The highest BCUT2D eigenvalue weighted by molar-refractivity contribution is 5.78. The minimum atomic E-state index is 0.0455. The summed E-state index contributed by atoms with van der Waals surface area (Å²) in [6.07, 6.45) is 3.78. The topological polar surface area (TPSA) is 42.0 Å². The Labute approximate surface area is 139 Å². The summed E-state index contributed by atoms with van der Waals surface area (Å²) < 4.78 is 10.8. The van der Waals surface area contributed by atoms with Crippen molar-refractivity contribution in [1.82, 2.24) is 9.80 Å². The molecule has 0 saturated carbocycles. The Hall–Kier alpha value is -1.75. The van der Waals surface area contributed by atoms with Gasteiger partial charge in [-0.15, -0.1) is 0 Å². The summed E-state index contributed by atoms with van der Waals surface area (Å²) in [5.74, 6) is 1.31. The monoisotopic (exact) mass is 320 g/mol. The number of unbranched alkanes of at least 4 members (excludes halogenated alkanes) is 2. The third kappa shape index (κ3) is 5.43. The largest absolute Gasteiger partial charge is 0.493 e. The molecule has 0 bridgehead atoms. The molecule has 1 aliphatic heterocycles. The van der Waals surface area contributed by atoms with Crippen LogP contribution in [-0.2, 0) is 4.79 Å². The van der Waals surface area contributed by atoms with E-state index >= 15 is 0 Å². The predicted octanol–water partition coefficient (Wildman–Crippen LogP) is 2.41. The van der Waals surface area contributed by atoms with Crippen molar-refractivity contribution in [2.75, 3.05) is 46.4 Å². The highest BCUT2D eigenvalue weighted by Crippen LogP contribution is 2.25. The standard InChI is InChI=1S/C18H28N2O3/c1-3-4-7-10-19-11-13-20(14-12-19)18(21)15-23-17-9-6-5-8-16(17)22-2/h5-6,8-9H,3-4,7,10-15H2,1-2H3. The van der Waals surface area contributed by atoms with Gasteiger partial charge in [0.2, 0.25) is 0 Å². The molecule has 0 atom stereocenters. The van der Waals surface area contributed by atoms with Gasteiger partial charge < -0.3 is 14.4 Å². The number of benzene rings is 1. The minimum Gasteiger partial charge on any atom is -0.493 e. The number of rotatable bonds is 8. The third-order valence-corrected chi connectivity index (χ3v) is 4.22. The first-order chi connectivity index (χ1) is 11.2. The summed E-state index contributed by atoms with van der Waals surface area (Å²) in [6.45, 7) is 6.94. The molecule has 2 rings (SSSR count). The lowest BCUT2D eigenvalue weighted by Gasteiger charge is -2.34. The van der Waals surface area contributed by atoms with Crippen LogP contribution in [0.25, 0.3) is 0 Å². The van der Waals surface area contributed by atoms with E-state index in [1.165, 1.54) is 19.3 Å².